The molecule has 0 amide bonds. The molecule has 0 rings (SSSR count). The molecule has 0 N–H and O–H groups in total. The number of carbonyl (C=O) groups is 2. The van der Waals surface area contributed by atoms with E-state index in [-0.39, 0.29) is 30.3 Å². The van der Waals surface area contributed by atoms with E-state index in [0.717, 1.165) is 116 Å². The normalized spacial score (nSPS) is 12.3. The Morgan fingerprint density at radius 1 is 0.347 bits per heavy atom. The molecule has 13 nitrogen and oxygen atoms in total. The van der Waals surface area contributed by atoms with E-state index in [2.05, 4.69) is 37.7 Å². The van der Waals surface area contributed by atoms with E-state index in [4.69, 9.17) is 43.4 Å². The lowest BCUT2D eigenvalue weighted by molar-refractivity contribution is -0.151. The van der Waals surface area contributed by atoms with Crippen molar-refractivity contribution in [2.24, 2.45) is 5.11 Å². The van der Waals surface area contributed by atoms with Crippen LogP contribution in [0.15, 0.2) is 5.11 Å². The van der Waals surface area contributed by atoms with Crippen molar-refractivity contribution in [1.82, 2.24) is 0 Å². The van der Waals surface area contributed by atoms with Gasteiger partial charge in [0.2, 0.25) is 0 Å². The second-order valence-electron chi connectivity index (χ2n) is 21.3. The molecule has 0 bridgehead atoms. The van der Waals surface area contributed by atoms with Crippen molar-refractivity contribution in [3.05, 3.63) is 10.4 Å². The van der Waals surface area contributed by atoms with Gasteiger partial charge in [0.1, 0.15) is 18.3 Å². The summed E-state index contributed by atoms with van der Waals surface area (Å²) in [6, 6.07) is 0. The fourth-order valence-corrected chi connectivity index (χ4v) is 9.34. The Kier molecular flexibility index (Phi) is 61.2. The maximum Gasteiger partial charge on any atom is 0.306 e. The maximum absolute atomic E-state index is 12.9. The summed E-state index contributed by atoms with van der Waals surface area (Å²) >= 11 is 0. The van der Waals surface area contributed by atoms with Gasteiger partial charge in [0, 0.05) is 37.5 Å². The molecule has 0 aliphatic heterocycles. The van der Waals surface area contributed by atoms with Gasteiger partial charge in [-0.05, 0) is 82.6 Å². The number of rotatable bonds is 64. The van der Waals surface area contributed by atoms with Crippen LogP contribution < -0.4 is 0 Å². The molecule has 75 heavy (non-hydrogen) atoms. The van der Waals surface area contributed by atoms with Crippen LogP contribution in [0.25, 0.3) is 10.4 Å². The molecule has 0 aromatic carbocycles. The third-order valence-corrected chi connectivity index (χ3v) is 14.0. The van der Waals surface area contributed by atoms with Gasteiger partial charge < -0.3 is 37.9 Å². The highest BCUT2D eigenvalue weighted by Crippen LogP contribution is 2.20. The second kappa shape index (κ2) is 62.8. The Bertz CT molecular complexity index is 1190. The van der Waals surface area contributed by atoms with Gasteiger partial charge in [-0.2, -0.15) is 0 Å². The van der Waals surface area contributed by atoms with Crippen molar-refractivity contribution in [2.75, 3.05) is 79.2 Å². The molecule has 444 valence electrons. The van der Waals surface area contributed by atoms with Crippen LogP contribution in [-0.2, 0) is 47.5 Å². The van der Waals surface area contributed by atoms with Crippen LogP contribution in [0.2, 0.25) is 0 Å². The Hall–Kier alpha value is -1.99. The van der Waals surface area contributed by atoms with Crippen molar-refractivity contribution in [3.63, 3.8) is 0 Å². The molecule has 0 aliphatic rings. The minimum Gasteiger partial charge on any atom is -0.462 e. The highest BCUT2D eigenvalue weighted by atomic mass is 16.6. The van der Waals surface area contributed by atoms with Gasteiger partial charge in [0.15, 0.2) is 0 Å². The Balaban J connectivity index is 4.65. The fourth-order valence-electron chi connectivity index (χ4n) is 9.34. The van der Waals surface area contributed by atoms with Gasteiger partial charge in [-0.1, -0.05) is 206 Å². The third-order valence-electron chi connectivity index (χ3n) is 14.0. The summed E-state index contributed by atoms with van der Waals surface area (Å²) in [5.74, 6) is -0.0282. The highest BCUT2D eigenvalue weighted by molar-refractivity contribution is 5.69. The average molecular weight is 1070 g/mol. The van der Waals surface area contributed by atoms with Crippen LogP contribution in [0.3, 0.4) is 0 Å². The third kappa shape index (κ3) is 58.0. The minimum atomic E-state index is -0.163. The average Bonchev–Trinajstić information content (AvgIpc) is 3.41. The number of esters is 2. The molecular weight excluding hydrogens is 947 g/mol. The van der Waals surface area contributed by atoms with Crippen LogP contribution >= 0.6 is 0 Å². The van der Waals surface area contributed by atoms with Gasteiger partial charge in [-0.15, -0.1) is 0 Å². The molecule has 2 unspecified atom stereocenters. The maximum atomic E-state index is 12.9. The van der Waals surface area contributed by atoms with Crippen LogP contribution in [0.1, 0.15) is 291 Å². The van der Waals surface area contributed by atoms with E-state index in [1.807, 2.05) is 0 Å². The first-order valence-corrected chi connectivity index (χ1v) is 31.9. The molecule has 0 saturated heterocycles. The number of hydrogen-bond acceptors (Lipinski definition) is 11. The first kappa shape index (κ1) is 73.0. The van der Waals surface area contributed by atoms with Gasteiger partial charge in [-0.3, -0.25) is 9.59 Å². The standard InChI is InChI=1S/C62H121N3O10/c1-5-9-13-17-21-27-35-43-59(42-34-26-20-16-12-8-4)75-61(66)44-36-28-22-30-38-47-71-56-60(57-72-55-54-70-53-52-69-51-50-68-49-46-64-65-63)73-48-39-31-23-29-37-45-62(67)74-58(40-32-24-18-14-10-6-2)41-33-25-19-15-11-7-3/h58-60H,5-57H2,1-4H3. The summed E-state index contributed by atoms with van der Waals surface area (Å²) in [7, 11) is 0. The minimum absolute atomic E-state index is 0.0115. The molecule has 0 radical (unpaired) electrons. The number of ether oxygens (including phenoxy) is 8. The van der Waals surface area contributed by atoms with Crippen molar-refractivity contribution in [3.8, 4) is 0 Å². The lowest BCUT2D eigenvalue weighted by Crippen LogP contribution is -2.27. The zero-order chi connectivity index (χ0) is 54.4. The van der Waals surface area contributed by atoms with E-state index in [9.17, 15) is 9.59 Å². The SMILES string of the molecule is CCCCCCCCCC(CCCCCCCC)OC(=O)CCCCCCCOCC(COCCOCCOCCOCCN=[N+]=[N-])OCCCCCCCC(=O)OC(CCCCCCCC)CCCCCCCC. The lowest BCUT2D eigenvalue weighted by Gasteiger charge is -2.19. The number of hydrogen-bond donors (Lipinski definition) is 0. The van der Waals surface area contributed by atoms with E-state index in [1.165, 1.54) is 135 Å². The molecule has 2 atom stereocenters. The molecule has 0 fully saturated rings. The van der Waals surface area contributed by atoms with E-state index in [0.29, 0.717) is 92.1 Å². The smallest absolute Gasteiger partial charge is 0.306 e. The zero-order valence-electron chi connectivity index (χ0n) is 49.6. The molecule has 0 aromatic rings. The van der Waals surface area contributed by atoms with Crippen LogP contribution in [-0.4, -0.2) is 109 Å². The molecular formula is C62H121N3O10. The molecule has 13 heteroatoms. The predicted molar refractivity (Wildman–Crippen MR) is 310 cm³/mol. The molecule has 0 heterocycles. The number of carbonyl (C=O) groups excluding carboxylic acids is 2. The summed E-state index contributed by atoms with van der Waals surface area (Å²) in [4.78, 5) is 28.5. The van der Waals surface area contributed by atoms with Crippen molar-refractivity contribution in [1.29, 1.82) is 0 Å². The van der Waals surface area contributed by atoms with Crippen LogP contribution in [0, 0.1) is 0 Å². The Labute approximate surface area is 461 Å². The van der Waals surface area contributed by atoms with Crippen molar-refractivity contribution < 1.29 is 47.5 Å². The number of azide groups is 1. The molecule has 0 spiro atoms. The summed E-state index contributed by atoms with van der Waals surface area (Å²) in [6.07, 6.45) is 46.8. The number of unbranched alkanes of at least 4 members (excludes halogenated alkanes) is 29. The summed E-state index contributed by atoms with van der Waals surface area (Å²) in [6.45, 7) is 14.7. The van der Waals surface area contributed by atoms with Gasteiger partial charge in [0.25, 0.3) is 0 Å². The first-order valence-electron chi connectivity index (χ1n) is 31.9. The second-order valence-corrected chi connectivity index (χ2v) is 21.3. The molecule has 0 aliphatic carbocycles. The molecule has 0 aromatic heterocycles. The Morgan fingerprint density at radius 3 is 1.04 bits per heavy atom. The van der Waals surface area contributed by atoms with E-state index >= 15 is 0 Å². The quantitative estimate of drug-likeness (QED) is 0.0189. The largest absolute Gasteiger partial charge is 0.462 e. The van der Waals surface area contributed by atoms with Crippen molar-refractivity contribution in [2.45, 2.75) is 309 Å². The summed E-state index contributed by atoms with van der Waals surface area (Å²) in [5.41, 5.74) is 8.32. The zero-order valence-corrected chi connectivity index (χ0v) is 49.6. The van der Waals surface area contributed by atoms with E-state index in [1.54, 1.807) is 0 Å². The van der Waals surface area contributed by atoms with Gasteiger partial charge in [-0.25, -0.2) is 0 Å². The topological polar surface area (TPSA) is 157 Å². The molecule has 0 saturated carbocycles. The van der Waals surface area contributed by atoms with E-state index < -0.39 is 0 Å². The number of nitrogens with zero attached hydrogens (tertiary/aromatic N) is 3. The van der Waals surface area contributed by atoms with Crippen LogP contribution in [0.4, 0.5) is 0 Å². The van der Waals surface area contributed by atoms with Gasteiger partial charge in [0.05, 0.1) is 59.5 Å². The first-order chi connectivity index (χ1) is 37.0. The summed E-state index contributed by atoms with van der Waals surface area (Å²) in [5, 5.41) is 3.44. The monoisotopic (exact) mass is 1070 g/mol. The predicted octanol–water partition coefficient (Wildman–Crippen LogP) is 17.7. The Morgan fingerprint density at radius 2 is 0.653 bits per heavy atom. The highest BCUT2D eigenvalue weighted by Gasteiger charge is 2.16. The fraction of sp³-hybridized carbons (Fsp3) is 0.968. The van der Waals surface area contributed by atoms with Gasteiger partial charge >= 0.3 is 11.9 Å². The van der Waals surface area contributed by atoms with Crippen molar-refractivity contribution >= 4 is 11.9 Å². The summed E-state index contributed by atoms with van der Waals surface area (Å²) < 4.78 is 47.1. The lowest BCUT2D eigenvalue weighted by atomic mass is 10.0. The van der Waals surface area contributed by atoms with Crippen LogP contribution in [0.5, 0.6) is 0 Å².